The Kier molecular flexibility index (Phi) is 2.62. The number of alkyl halides is 1. The SMILES string of the molecule is CC1(C)CC1C(Br)c1ccc2c(c1)OCCO2. The molecule has 0 N–H and O–H groups in total. The number of halogens is 1. The van der Waals surface area contributed by atoms with Crippen LogP contribution >= 0.6 is 15.9 Å². The zero-order valence-electron chi connectivity index (χ0n) is 10.2. The van der Waals surface area contributed by atoms with E-state index < -0.39 is 0 Å². The van der Waals surface area contributed by atoms with Gasteiger partial charge in [-0.05, 0) is 35.4 Å². The van der Waals surface area contributed by atoms with E-state index >= 15 is 0 Å². The van der Waals surface area contributed by atoms with Crippen LogP contribution in [0.4, 0.5) is 0 Å². The molecule has 0 saturated heterocycles. The van der Waals surface area contributed by atoms with Gasteiger partial charge in [0.15, 0.2) is 11.5 Å². The maximum absolute atomic E-state index is 5.62. The fourth-order valence-electron chi connectivity index (χ4n) is 2.47. The molecule has 1 heterocycles. The number of rotatable bonds is 2. The molecule has 0 bridgehead atoms. The van der Waals surface area contributed by atoms with Crippen molar-refractivity contribution in [1.29, 1.82) is 0 Å². The third-order valence-corrected chi connectivity index (χ3v) is 4.99. The standard InChI is InChI=1S/C14H17BrO2/c1-14(2)8-10(14)13(15)9-3-4-11-12(7-9)17-6-5-16-11/h3-4,7,10,13H,5-6,8H2,1-2H3. The molecule has 2 unspecified atom stereocenters. The van der Waals surface area contributed by atoms with Crippen LogP contribution in [0.2, 0.25) is 0 Å². The van der Waals surface area contributed by atoms with Crippen molar-refractivity contribution in [2.24, 2.45) is 11.3 Å². The van der Waals surface area contributed by atoms with Crippen LogP contribution in [0.1, 0.15) is 30.7 Å². The fraction of sp³-hybridized carbons (Fsp3) is 0.571. The smallest absolute Gasteiger partial charge is 0.161 e. The molecule has 0 radical (unpaired) electrons. The summed E-state index contributed by atoms with van der Waals surface area (Å²) in [7, 11) is 0. The summed E-state index contributed by atoms with van der Waals surface area (Å²) in [6.07, 6.45) is 1.29. The lowest BCUT2D eigenvalue weighted by molar-refractivity contribution is 0.171. The fourth-order valence-corrected chi connectivity index (χ4v) is 3.66. The van der Waals surface area contributed by atoms with E-state index in [-0.39, 0.29) is 0 Å². The number of hydrogen-bond donors (Lipinski definition) is 0. The van der Waals surface area contributed by atoms with Crippen molar-refractivity contribution in [2.75, 3.05) is 13.2 Å². The first-order valence-corrected chi connectivity index (χ1v) is 7.03. The van der Waals surface area contributed by atoms with Gasteiger partial charge in [-0.1, -0.05) is 35.8 Å². The number of hydrogen-bond acceptors (Lipinski definition) is 2. The van der Waals surface area contributed by atoms with Gasteiger partial charge in [0.05, 0.1) is 0 Å². The van der Waals surface area contributed by atoms with Crippen molar-refractivity contribution in [3.8, 4) is 11.5 Å². The highest BCUT2D eigenvalue weighted by Gasteiger charge is 2.49. The van der Waals surface area contributed by atoms with Crippen LogP contribution < -0.4 is 9.47 Å². The summed E-state index contributed by atoms with van der Waals surface area (Å²) in [4.78, 5) is 0.424. The Morgan fingerprint density at radius 1 is 1.24 bits per heavy atom. The topological polar surface area (TPSA) is 18.5 Å². The molecular weight excluding hydrogens is 280 g/mol. The summed E-state index contributed by atoms with van der Waals surface area (Å²) in [5.74, 6) is 2.48. The maximum Gasteiger partial charge on any atom is 0.161 e. The quantitative estimate of drug-likeness (QED) is 0.770. The van der Waals surface area contributed by atoms with Crippen molar-refractivity contribution in [1.82, 2.24) is 0 Å². The van der Waals surface area contributed by atoms with E-state index in [9.17, 15) is 0 Å². The predicted octanol–water partition coefficient (Wildman–Crippen LogP) is 3.94. The molecule has 1 fully saturated rings. The van der Waals surface area contributed by atoms with Crippen LogP contribution in [0.15, 0.2) is 18.2 Å². The predicted molar refractivity (Wildman–Crippen MR) is 71.0 cm³/mol. The largest absolute Gasteiger partial charge is 0.486 e. The summed E-state index contributed by atoms with van der Waals surface area (Å²) < 4.78 is 11.2. The molecule has 0 aromatic heterocycles. The lowest BCUT2D eigenvalue weighted by Gasteiger charge is -2.20. The van der Waals surface area contributed by atoms with Crippen molar-refractivity contribution in [3.63, 3.8) is 0 Å². The average molecular weight is 297 g/mol. The maximum atomic E-state index is 5.62. The van der Waals surface area contributed by atoms with Crippen molar-refractivity contribution in [3.05, 3.63) is 23.8 Å². The zero-order valence-corrected chi connectivity index (χ0v) is 11.8. The lowest BCUT2D eigenvalue weighted by atomic mass is 10.0. The first kappa shape index (κ1) is 11.4. The minimum atomic E-state index is 0.424. The van der Waals surface area contributed by atoms with Crippen LogP contribution in [0, 0.1) is 11.3 Å². The Labute approximate surface area is 110 Å². The molecule has 2 atom stereocenters. The Morgan fingerprint density at radius 2 is 1.88 bits per heavy atom. The second-order valence-electron chi connectivity index (χ2n) is 5.60. The highest BCUT2D eigenvalue weighted by atomic mass is 79.9. The summed E-state index contributed by atoms with van der Waals surface area (Å²) in [6.45, 7) is 5.95. The number of benzene rings is 1. The second kappa shape index (κ2) is 3.91. The summed E-state index contributed by atoms with van der Waals surface area (Å²) in [6, 6.07) is 6.27. The van der Waals surface area contributed by atoms with E-state index in [4.69, 9.17) is 9.47 Å². The van der Waals surface area contributed by atoms with Gasteiger partial charge in [0.2, 0.25) is 0 Å². The van der Waals surface area contributed by atoms with Gasteiger partial charge in [0, 0.05) is 4.83 Å². The Bertz CT molecular complexity index is 442. The summed E-state index contributed by atoms with van der Waals surface area (Å²) >= 11 is 3.82. The Balaban J connectivity index is 1.84. The van der Waals surface area contributed by atoms with Gasteiger partial charge in [0.25, 0.3) is 0 Å². The first-order chi connectivity index (χ1) is 8.08. The third-order valence-electron chi connectivity index (χ3n) is 3.83. The number of ether oxygens (including phenoxy) is 2. The molecule has 17 heavy (non-hydrogen) atoms. The van der Waals surface area contributed by atoms with Crippen LogP contribution in [0.3, 0.4) is 0 Å². The van der Waals surface area contributed by atoms with Crippen LogP contribution in [0.5, 0.6) is 11.5 Å². The third kappa shape index (κ3) is 2.05. The highest BCUT2D eigenvalue weighted by molar-refractivity contribution is 9.09. The number of fused-ring (bicyclic) bond motifs is 1. The molecule has 0 amide bonds. The lowest BCUT2D eigenvalue weighted by Crippen LogP contribution is -2.15. The average Bonchev–Trinajstić information content (AvgIpc) is 2.97. The van der Waals surface area contributed by atoms with E-state index in [1.807, 2.05) is 6.07 Å². The molecule has 0 spiro atoms. The Hall–Kier alpha value is -0.700. The minimum absolute atomic E-state index is 0.424. The van der Waals surface area contributed by atoms with Crippen LogP contribution in [-0.4, -0.2) is 13.2 Å². The van der Waals surface area contributed by atoms with E-state index in [1.165, 1.54) is 12.0 Å². The van der Waals surface area contributed by atoms with Crippen LogP contribution in [-0.2, 0) is 0 Å². The van der Waals surface area contributed by atoms with E-state index in [1.54, 1.807) is 0 Å². The molecule has 1 aromatic rings. The Morgan fingerprint density at radius 3 is 2.53 bits per heavy atom. The molecule has 1 aliphatic carbocycles. The van der Waals surface area contributed by atoms with E-state index in [0.717, 1.165) is 17.4 Å². The van der Waals surface area contributed by atoms with Crippen molar-refractivity contribution < 1.29 is 9.47 Å². The van der Waals surface area contributed by atoms with E-state index in [0.29, 0.717) is 23.5 Å². The molecule has 1 aromatic carbocycles. The normalized spacial score (nSPS) is 26.4. The summed E-state index contributed by atoms with van der Waals surface area (Å²) in [5.41, 5.74) is 1.77. The van der Waals surface area contributed by atoms with Gasteiger partial charge in [-0.3, -0.25) is 0 Å². The molecule has 1 saturated carbocycles. The molecular formula is C14H17BrO2. The monoisotopic (exact) mass is 296 g/mol. The minimum Gasteiger partial charge on any atom is -0.486 e. The molecule has 1 aliphatic heterocycles. The molecule has 3 rings (SSSR count). The van der Waals surface area contributed by atoms with Gasteiger partial charge in [-0.15, -0.1) is 0 Å². The van der Waals surface area contributed by atoms with Crippen LogP contribution in [0.25, 0.3) is 0 Å². The van der Waals surface area contributed by atoms with E-state index in [2.05, 4.69) is 41.9 Å². The molecule has 92 valence electrons. The molecule has 3 heteroatoms. The highest BCUT2D eigenvalue weighted by Crippen LogP contribution is 2.60. The zero-order chi connectivity index (χ0) is 12.0. The first-order valence-electron chi connectivity index (χ1n) is 6.11. The molecule has 2 aliphatic rings. The van der Waals surface area contributed by atoms with Gasteiger partial charge in [-0.25, -0.2) is 0 Å². The van der Waals surface area contributed by atoms with Crippen molar-refractivity contribution in [2.45, 2.75) is 25.1 Å². The van der Waals surface area contributed by atoms with Gasteiger partial charge >= 0.3 is 0 Å². The summed E-state index contributed by atoms with van der Waals surface area (Å²) in [5, 5.41) is 0. The second-order valence-corrected chi connectivity index (χ2v) is 6.59. The van der Waals surface area contributed by atoms with Gasteiger partial charge in [-0.2, -0.15) is 0 Å². The van der Waals surface area contributed by atoms with Gasteiger partial charge in [0.1, 0.15) is 13.2 Å². The molecule has 2 nitrogen and oxygen atoms in total. The van der Waals surface area contributed by atoms with Crippen molar-refractivity contribution >= 4 is 15.9 Å². The van der Waals surface area contributed by atoms with Gasteiger partial charge < -0.3 is 9.47 Å².